The maximum absolute atomic E-state index is 5.26. The van der Waals surface area contributed by atoms with Gasteiger partial charge < -0.3 is 4.98 Å². The van der Waals surface area contributed by atoms with E-state index in [1.807, 2.05) is 11.8 Å². The highest BCUT2D eigenvalue weighted by Crippen LogP contribution is 2.19. The fourth-order valence-electron chi connectivity index (χ4n) is 1.44. The number of aromatic amines is 1. The molecule has 0 aliphatic rings. The highest BCUT2D eigenvalue weighted by Gasteiger charge is 2.06. The molecule has 0 unspecified atom stereocenters. The molecule has 0 atom stereocenters. The average molecular weight is 335 g/mol. The van der Waals surface area contributed by atoms with Crippen LogP contribution in [0.3, 0.4) is 0 Å². The SMILES string of the molecule is CCCc1[nH]c(CSCC(C)C)nc(=S)c1Br. The number of H-pyrrole nitrogens is 1. The van der Waals surface area contributed by atoms with Gasteiger partial charge in [-0.3, -0.25) is 0 Å². The van der Waals surface area contributed by atoms with Crippen LogP contribution in [0.1, 0.15) is 38.7 Å². The minimum atomic E-state index is 0.673. The Bertz CT molecular complexity index is 415. The maximum atomic E-state index is 5.26. The van der Waals surface area contributed by atoms with Gasteiger partial charge in [0.15, 0.2) is 0 Å². The summed E-state index contributed by atoms with van der Waals surface area (Å²) in [7, 11) is 0. The van der Waals surface area contributed by atoms with Crippen LogP contribution >= 0.6 is 39.9 Å². The summed E-state index contributed by atoms with van der Waals surface area (Å²) in [6, 6.07) is 0. The van der Waals surface area contributed by atoms with Crippen LogP contribution in [0, 0.1) is 10.6 Å². The van der Waals surface area contributed by atoms with Crippen LogP contribution in [-0.2, 0) is 12.2 Å². The lowest BCUT2D eigenvalue weighted by Gasteiger charge is -2.08. The molecule has 1 N–H and O–H groups in total. The van der Waals surface area contributed by atoms with Gasteiger partial charge in [-0.05, 0) is 34.0 Å². The van der Waals surface area contributed by atoms with Crippen LogP contribution in [0.15, 0.2) is 4.47 Å². The lowest BCUT2D eigenvalue weighted by atomic mass is 10.2. The molecule has 0 saturated heterocycles. The van der Waals surface area contributed by atoms with E-state index < -0.39 is 0 Å². The molecule has 0 bridgehead atoms. The van der Waals surface area contributed by atoms with E-state index >= 15 is 0 Å². The van der Waals surface area contributed by atoms with Crippen molar-refractivity contribution < 1.29 is 0 Å². The largest absolute Gasteiger partial charge is 0.345 e. The first-order valence-corrected chi connectivity index (χ1v) is 8.25. The van der Waals surface area contributed by atoms with E-state index in [0.717, 1.165) is 34.6 Å². The third kappa shape index (κ3) is 5.10. The zero-order valence-electron chi connectivity index (χ0n) is 10.5. The van der Waals surface area contributed by atoms with E-state index in [-0.39, 0.29) is 0 Å². The van der Waals surface area contributed by atoms with Crippen molar-refractivity contribution in [3.05, 3.63) is 20.6 Å². The first-order chi connectivity index (χ1) is 8.04. The molecule has 0 aliphatic carbocycles. The van der Waals surface area contributed by atoms with Crippen LogP contribution in [-0.4, -0.2) is 15.7 Å². The summed E-state index contributed by atoms with van der Waals surface area (Å²) in [5.74, 6) is 3.77. The first kappa shape index (κ1) is 15.2. The smallest absolute Gasteiger partial charge is 0.144 e. The first-order valence-electron chi connectivity index (χ1n) is 5.89. The predicted molar refractivity (Wildman–Crippen MR) is 82.1 cm³/mol. The molecule has 0 saturated carbocycles. The average Bonchev–Trinajstić information content (AvgIpc) is 2.25. The molecule has 0 fully saturated rings. The number of aromatic nitrogens is 2. The molecule has 1 rings (SSSR count). The number of nitrogens with one attached hydrogen (secondary N) is 1. The Labute approximate surface area is 121 Å². The molecule has 1 heterocycles. The van der Waals surface area contributed by atoms with E-state index in [1.54, 1.807) is 0 Å². The topological polar surface area (TPSA) is 28.7 Å². The summed E-state index contributed by atoms with van der Waals surface area (Å²) >= 11 is 10.7. The van der Waals surface area contributed by atoms with E-state index in [9.17, 15) is 0 Å². The number of thioether (sulfide) groups is 1. The van der Waals surface area contributed by atoms with Crippen molar-refractivity contribution in [3.8, 4) is 0 Å². The minimum Gasteiger partial charge on any atom is -0.345 e. The van der Waals surface area contributed by atoms with Crippen molar-refractivity contribution in [3.63, 3.8) is 0 Å². The van der Waals surface area contributed by atoms with Crippen molar-refractivity contribution in [2.75, 3.05) is 5.75 Å². The standard InChI is InChI=1S/C12H19BrN2S2/c1-4-5-9-11(13)12(16)15-10(14-9)7-17-6-8(2)3/h8H,4-7H2,1-3H3,(H,14,15,16). The molecular weight excluding hydrogens is 316 g/mol. The van der Waals surface area contributed by atoms with Crippen LogP contribution in [0.25, 0.3) is 0 Å². The molecule has 0 spiro atoms. The van der Waals surface area contributed by atoms with Crippen molar-refractivity contribution in [2.24, 2.45) is 5.92 Å². The number of halogens is 1. The molecule has 96 valence electrons. The third-order valence-electron chi connectivity index (χ3n) is 2.17. The molecule has 0 amide bonds. The van der Waals surface area contributed by atoms with E-state index in [2.05, 4.69) is 46.7 Å². The molecule has 2 nitrogen and oxygen atoms in total. The molecular formula is C12H19BrN2S2. The highest BCUT2D eigenvalue weighted by molar-refractivity contribution is 9.10. The monoisotopic (exact) mass is 334 g/mol. The van der Waals surface area contributed by atoms with E-state index in [1.165, 1.54) is 5.69 Å². The van der Waals surface area contributed by atoms with Gasteiger partial charge in [-0.2, -0.15) is 11.8 Å². The Balaban J connectivity index is 2.76. The quantitative estimate of drug-likeness (QED) is 0.761. The Morgan fingerprint density at radius 1 is 1.47 bits per heavy atom. The normalized spacial score (nSPS) is 11.1. The summed E-state index contributed by atoms with van der Waals surface area (Å²) in [5, 5.41) is 0. The number of hydrogen-bond acceptors (Lipinski definition) is 3. The molecule has 1 aromatic rings. The van der Waals surface area contributed by atoms with Crippen molar-refractivity contribution >= 4 is 39.9 Å². The predicted octanol–water partition coefficient (Wildman–Crippen LogP) is 4.74. The van der Waals surface area contributed by atoms with Crippen LogP contribution in [0.5, 0.6) is 0 Å². The Morgan fingerprint density at radius 2 is 2.18 bits per heavy atom. The fourth-order valence-corrected chi connectivity index (χ4v) is 2.98. The van der Waals surface area contributed by atoms with Crippen molar-refractivity contribution in [1.82, 2.24) is 9.97 Å². The molecule has 1 aromatic heterocycles. The van der Waals surface area contributed by atoms with Gasteiger partial charge in [0, 0.05) is 5.69 Å². The van der Waals surface area contributed by atoms with Crippen LogP contribution in [0.4, 0.5) is 0 Å². The summed E-state index contributed by atoms with van der Waals surface area (Å²) in [4.78, 5) is 7.79. The molecule has 0 aromatic carbocycles. The van der Waals surface area contributed by atoms with Gasteiger partial charge in [0.25, 0.3) is 0 Å². The zero-order chi connectivity index (χ0) is 12.8. The van der Waals surface area contributed by atoms with Gasteiger partial charge in [0.05, 0.1) is 10.2 Å². The van der Waals surface area contributed by atoms with Gasteiger partial charge in [-0.1, -0.05) is 39.4 Å². The van der Waals surface area contributed by atoms with Crippen LogP contribution < -0.4 is 0 Å². The Morgan fingerprint density at radius 3 is 2.76 bits per heavy atom. The Kier molecular flexibility index (Phi) is 6.74. The van der Waals surface area contributed by atoms with Crippen molar-refractivity contribution in [1.29, 1.82) is 0 Å². The number of rotatable bonds is 6. The second kappa shape index (κ2) is 7.54. The number of hydrogen-bond donors (Lipinski definition) is 1. The maximum Gasteiger partial charge on any atom is 0.144 e. The van der Waals surface area contributed by atoms with E-state index in [4.69, 9.17) is 12.2 Å². The minimum absolute atomic E-state index is 0.673. The highest BCUT2D eigenvalue weighted by atomic mass is 79.9. The molecule has 0 aliphatic heterocycles. The van der Waals surface area contributed by atoms with Gasteiger partial charge in [0.2, 0.25) is 0 Å². The fraction of sp³-hybridized carbons (Fsp3) is 0.667. The lowest BCUT2D eigenvalue weighted by Crippen LogP contribution is -2.01. The second-order valence-electron chi connectivity index (χ2n) is 4.44. The number of aryl methyl sites for hydroxylation is 1. The summed E-state index contributed by atoms with van der Waals surface area (Å²) in [6.07, 6.45) is 2.11. The van der Waals surface area contributed by atoms with Gasteiger partial charge in [-0.25, -0.2) is 4.98 Å². The Hall–Kier alpha value is 0.130. The van der Waals surface area contributed by atoms with Gasteiger partial charge in [0.1, 0.15) is 10.5 Å². The van der Waals surface area contributed by atoms with Gasteiger partial charge in [-0.15, -0.1) is 0 Å². The molecule has 17 heavy (non-hydrogen) atoms. The van der Waals surface area contributed by atoms with E-state index in [0.29, 0.717) is 10.6 Å². The number of nitrogens with zero attached hydrogens (tertiary/aromatic N) is 1. The molecule has 5 heteroatoms. The zero-order valence-corrected chi connectivity index (χ0v) is 13.8. The van der Waals surface area contributed by atoms with Gasteiger partial charge >= 0.3 is 0 Å². The van der Waals surface area contributed by atoms with Crippen LogP contribution in [0.2, 0.25) is 0 Å². The summed E-state index contributed by atoms with van der Waals surface area (Å²) in [6.45, 7) is 6.62. The lowest BCUT2D eigenvalue weighted by molar-refractivity contribution is 0.749. The summed E-state index contributed by atoms with van der Waals surface area (Å²) in [5.41, 5.74) is 1.17. The second-order valence-corrected chi connectivity index (χ2v) is 6.65. The third-order valence-corrected chi connectivity index (χ3v) is 4.97. The molecule has 0 radical (unpaired) electrons. The summed E-state index contributed by atoms with van der Waals surface area (Å²) < 4.78 is 1.62. The van der Waals surface area contributed by atoms with Crippen molar-refractivity contribution in [2.45, 2.75) is 39.4 Å².